The normalized spacial score (nSPS) is 11.6. The minimum atomic E-state index is 0.689. The van der Waals surface area contributed by atoms with Crippen LogP contribution < -0.4 is 0 Å². The standard InChI is InChI=1S/C18H12BrN5S/c19-13-7-5-11(6-8-13)17-23-24-16(21-22-18(24)25-17)9-12-10-20-15-4-2-1-3-14(12)15/h1-8,10,20H,9H2. The Morgan fingerprint density at radius 3 is 2.76 bits per heavy atom. The van der Waals surface area contributed by atoms with Crippen molar-refractivity contribution in [3.05, 3.63) is 70.6 Å². The topological polar surface area (TPSA) is 58.9 Å². The molecule has 7 heteroatoms. The molecule has 122 valence electrons. The van der Waals surface area contributed by atoms with E-state index >= 15 is 0 Å². The van der Waals surface area contributed by atoms with Crippen molar-refractivity contribution in [2.45, 2.75) is 6.42 Å². The molecule has 0 aliphatic rings. The summed E-state index contributed by atoms with van der Waals surface area (Å²) in [6.45, 7) is 0. The van der Waals surface area contributed by atoms with Crippen LogP contribution in [0.25, 0.3) is 26.4 Å². The first-order chi connectivity index (χ1) is 12.3. The maximum absolute atomic E-state index is 4.72. The van der Waals surface area contributed by atoms with E-state index in [1.54, 1.807) is 11.3 Å². The number of nitrogens with zero attached hydrogens (tertiary/aromatic N) is 4. The highest BCUT2D eigenvalue weighted by atomic mass is 79.9. The first kappa shape index (κ1) is 14.8. The van der Waals surface area contributed by atoms with Crippen molar-refractivity contribution in [2.24, 2.45) is 0 Å². The van der Waals surface area contributed by atoms with Crippen LogP contribution in [0.4, 0.5) is 0 Å². The highest BCUT2D eigenvalue weighted by Gasteiger charge is 2.14. The summed E-state index contributed by atoms with van der Waals surface area (Å²) in [7, 11) is 0. The van der Waals surface area contributed by atoms with Gasteiger partial charge in [0.05, 0.1) is 0 Å². The SMILES string of the molecule is Brc1ccc(-c2nn3c(Cc4c[nH]c5ccccc45)nnc3s2)cc1. The predicted octanol–water partition coefficient (Wildman–Crippen LogP) is 4.69. The third-order valence-corrected chi connectivity index (χ3v) is 5.65. The summed E-state index contributed by atoms with van der Waals surface area (Å²) in [5, 5.41) is 15.5. The molecular weight excluding hydrogens is 398 g/mol. The van der Waals surface area contributed by atoms with Gasteiger partial charge in [-0.1, -0.05) is 57.6 Å². The number of para-hydroxylation sites is 1. The minimum Gasteiger partial charge on any atom is -0.361 e. The summed E-state index contributed by atoms with van der Waals surface area (Å²) >= 11 is 5.01. The Morgan fingerprint density at radius 2 is 1.88 bits per heavy atom. The summed E-state index contributed by atoms with van der Waals surface area (Å²) in [6.07, 6.45) is 2.72. The Hall–Kier alpha value is -2.51. The Bertz CT molecular complexity index is 1190. The number of aromatic nitrogens is 5. The molecule has 3 aromatic heterocycles. The molecule has 0 amide bonds. The van der Waals surface area contributed by atoms with Crippen LogP contribution in [0, 0.1) is 0 Å². The van der Waals surface area contributed by atoms with E-state index in [2.05, 4.69) is 55.4 Å². The van der Waals surface area contributed by atoms with Crippen LogP contribution in [-0.4, -0.2) is 24.8 Å². The average Bonchev–Trinajstić information content (AvgIpc) is 3.32. The number of fused-ring (bicyclic) bond motifs is 2. The fraction of sp³-hybridized carbons (Fsp3) is 0.0556. The molecule has 2 aromatic carbocycles. The molecule has 5 rings (SSSR count). The van der Waals surface area contributed by atoms with Crippen LogP contribution in [0.5, 0.6) is 0 Å². The Kier molecular flexibility index (Phi) is 3.43. The highest BCUT2D eigenvalue weighted by molar-refractivity contribution is 9.10. The zero-order valence-electron chi connectivity index (χ0n) is 13.0. The second-order valence-corrected chi connectivity index (χ2v) is 7.63. The van der Waals surface area contributed by atoms with E-state index in [4.69, 9.17) is 5.10 Å². The third-order valence-electron chi connectivity index (χ3n) is 4.17. The molecule has 0 unspecified atom stereocenters. The number of hydrogen-bond acceptors (Lipinski definition) is 4. The van der Waals surface area contributed by atoms with Gasteiger partial charge in [0.2, 0.25) is 4.96 Å². The van der Waals surface area contributed by atoms with E-state index < -0.39 is 0 Å². The van der Waals surface area contributed by atoms with Crippen LogP contribution in [0.3, 0.4) is 0 Å². The van der Waals surface area contributed by atoms with Crippen molar-refractivity contribution < 1.29 is 0 Å². The Morgan fingerprint density at radius 1 is 1.04 bits per heavy atom. The minimum absolute atomic E-state index is 0.689. The van der Waals surface area contributed by atoms with E-state index in [1.807, 2.05) is 35.0 Å². The number of hydrogen-bond donors (Lipinski definition) is 1. The maximum atomic E-state index is 4.72. The molecule has 3 heterocycles. The summed E-state index contributed by atoms with van der Waals surface area (Å²) < 4.78 is 2.91. The van der Waals surface area contributed by atoms with Gasteiger partial charge in [-0.15, -0.1) is 10.2 Å². The monoisotopic (exact) mass is 409 g/mol. The Balaban J connectivity index is 1.55. The van der Waals surface area contributed by atoms with Crippen LogP contribution in [0.1, 0.15) is 11.4 Å². The lowest BCUT2D eigenvalue weighted by Crippen LogP contribution is -1.97. The molecule has 5 nitrogen and oxygen atoms in total. The fourth-order valence-electron chi connectivity index (χ4n) is 2.93. The molecule has 0 aliphatic carbocycles. The number of halogens is 1. The molecule has 0 fully saturated rings. The molecular formula is C18H12BrN5S. The number of nitrogens with one attached hydrogen (secondary N) is 1. The molecule has 0 saturated carbocycles. The first-order valence-electron chi connectivity index (χ1n) is 7.80. The maximum Gasteiger partial charge on any atom is 0.234 e. The van der Waals surface area contributed by atoms with Crippen LogP contribution in [-0.2, 0) is 6.42 Å². The van der Waals surface area contributed by atoms with Gasteiger partial charge in [-0.2, -0.15) is 9.61 Å². The summed E-state index contributed by atoms with van der Waals surface area (Å²) in [6, 6.07) is 16.4. The highest BCUT2D eigenvalue weighted by Crippen LogP contribution is 2.27. The zero-order chi connectivity index (χ0) is 16.8. The number of rotatable bonds is 3. The van der Waals surface area contributed by atoms with Crippen molar-refractivity contribution in [2.75, 3.05) is 0 Å². The predicted molar refractivity (Wildman–Crippen MR) is 103 cm³/mol. The third kappa shape index (κ3) is 2.56. The van der Waals surface area contributed by atoms with E-state index in [1.165, 1.54) is 10.9 Å². The zero-order valence-corrected chi connectivity index (χ0v) is 15.4. The molecule has 0 atom stereocenters. The quantitative estimate of drug-likeness (QED) is 0.470. The second-order valence-electron chi connectivity index (χ2n) is 5.76. The lowest BCUT2D eigenvalue weighted by molar-refractivity contribution is 0.856. The van der Waals surface area contributed by atoms with Gasteiger partial charge >= 0.3 is 0 Å². The second kappa shape index (κ2) is 5.79. The van der Waals surface area contributed by atoms with Crippen molar-refractivity contribution in [3.8, 4) is 10.6 Å². The fourth-order valence-corrected chi connectivity index (χ4v) is 4.05. The molecule has 0 saturated heterocycles. The smallest absolute Gasteiger partial charge is 0.234 e. The Labute approximate surface area is 155 Å². The largest absolute Gasteiger partial charge is 0.361 e. The van der Waals surface area contributed by atoms with Crippen molar-refractivity contribution in [1.29, 1.82) is 0 Å². The summed E-state index contributed by atoms with van der Waals surface area (Å²) in [4.78, 5) is 4.12. The first-order valence-corrected chi connectivity index (χ1v) is 9.41. The van der Waals surface area contributed by atoms with Crippen LogP contribution in [0.2, 0.25) is 0 Å². The van der Waals surface area contributed by atoms with E-state index in [0.29, 0.717) is 6.42 Å². The van der Waals surface area contributed by atoms with Gasteiger partial charge in [0, 0.05) is 33.6 Å². The molecule has 5 aromatic rings. The van der Waals surface area contributed by atoms with Crippen LogP contribution >= 0.6 is 27.3 Å². The molecule has 0 radical (unpaired) electrons. The van der Waals surface area contributed by atoms with E-state index in [9.17, 15) is 0 Å². The molecule has 25 heavy (non-hydrogen) atoms. The van der Waals surface area contributed by atoms with Gasteiger partial charge in [0.15, 0.2) is 5.82 Å². The summed E-state index contributed by atoms with van der Waals surface area (Å²) in [5.41, 5.74) is 3.41. The summed E-state index contributed by atoms with van der Waals surface area (Å²) in [5.74, 6) is 0.847. The lowest BCUT2D eigenvalue weighted by Gasteiger charge is -1.97. The van der Waals surface area contributed by atoms with E-state index in [0.717, 1.165) is 31.3 Å². The van der Waals surface area contributed by atoms with Crippen molar-refractivity contribution in [3.63, 3.8) is 0 Å². The molecule has 0 aliphatic heterocycles. The average molecular weight is 410 g/mol. The lowest BCUT2D eigenvalue weighted by atomic mass is 10.1. The molecule has 0 spiro atoms. The van der Waals surface area contributed by atoms with Crippen molar-refractivity contribution in [1.82, 2.24) is 24.8 Å². The van der Waals surface area contributed by atoms with Gasteiger partial charge in [0.25, 0.3) is 0 Å². The van der Waals surface area contributed by atoms with Crippen LogP contribution in [0.15, 0.2) is 59.2 Å². The van der Waals surface area contributed by atoms with Gasteiger partial charge in [-0.3, -0.25) is 0 Å². The van der Waals surface area contributed by atoms with Gasteiger partial charge in [0.1, 0.15) is 5.01 Å². The van der Waals surface area contributed by atoms with Gasteiger partial charge in [-0.05, 0) is 23.8 Å². The van der Waals surface area contributed by atoms with E-state index in [-0.39, 0.29) is 0 Å². The van der Waals surface area contributed by atoms with Crippen molar-refractivity contribution >= 4 is 43.1 Å². The number of benzene rings is 2. The molecule has 0 bridgehead atoms. The van der Waals surface area contributed by atoms with Gasteiger partial charge in [-0.25, -0.2) is 0 Å². The van der Waals surface area contributed by atoms with Gasteiger partial charge < -0.3 is 4.98 Å². The number of H-pyrrole nitrogens is 1. The molecule has 1 N–H and O–H groups in total. The number of aromatic amines is 1.